The molecule has 0 saturated carbocycles. The van der Waals surface area contributed by atoms with Gasteiger partial charge in [0.1, 0.15) is 0 Å². The van der Waals surface area contributed by atoms with E-state index in [1.807, 2.05) is 0 Å². The number of carbonyl (C=O) groups is 1. The number of carboxylic acids is 1. The van der Waals surface area contributed by atoms with Gasteiger partial charge in [-0.1, -0.05) is 0 Å². The molecule has 7 heteroatoms. The van der Waals surface area contributed by atoms with E-state index in [9.17, 15) is 18.0 Å². The van der Waals surface area contributed by atoms with Crippen molar-refractivity contribution in [2.24, 2.45) is 5.41 Å². The molecule has 17 heavy (non-hydrogen) atoms. The Bertz CT molecular complexity index is 317. The molecule has 3 nitrogen and oxygen atoms in total. The molecule has 2 saturated heterocycles. The summed E-state index contributed by atoms with van der Waals surface area (Å²) in [5, 5.41) is 8.91. The van der Waals surface area contributed by atoms with Crippen LogP contribution in [0.5, 0.6) is 0 Å². The summed E-state index contributed by atoms with van der Waals surface area (Å²) in [5.41, 5.74) is -2.56. The Morgan fingerprint density at radius 1 is 1.47 bits per heavy atom. The van der Waals surface area contributed by atoms with Crippen LogP contribution in [0.15, 0.2) is 0 Å². The number of hydrogen-bond donors (Lipinski definition) is 1. The third kappa shape index (κ3) is 2.14. The number of likely N-dealkylation sites (tertiary alicyclic amines) is 1. The van der Waals surface area contributed by atoms with E-state index in [1.165, 1.54) is 0 Å². The third-order valence-corrected chi connectivity index (χ3v) is 4.82. The van der Waals surface area contributed by atoms with Crippen LogP contribution in [0.3, 0.4) is 0 Å². The van der Waals surface area contributed by atoms with Gasteiger partial charge in [-0.2, -0.15) is 24.9 Å². The van der Waals surface area contributed by atoms with Gasteiger partial charge in [0.05, 0.1) is 0 Å². The maximum absolute atomic E-state index is 12.9. The number of thioether (sulfide) groups is 1. The Morgan fingerprint density at radius 3 is 2.59 bits per heavy atom. The Balaban J connectivity index is 2.14. The smallest absolute Gasteiger partial charge is 0.406 e. The number of rotatable bonds is 2. The highest BCUT2D eigenvalue weighted by molar-refractivity contribution is 7.99. The van der Waals surface area contributed by atoms with Crippen LogP contribution in [-0.2, 0) is 4.79 Å². The van der Waals surface area contributed by atoms with Gasteiger partial charge < -0.3 is 5.11 Å². The van der Waals surface area contributed by atoms with Gasteiger partial charge in [0.15, 0.2) is 5.41 Å². The lowest BCUT2D eigenvalue weighted by Crippen LogP contribution is -2.48. The monoisotopic (exact) mass is 269 g/mol. The molecule has 2 aliphatic heterocycles. The maximum Gasteiger partial charge on any atom is 0.406 e. The largest absolute Gasteiger partial charge is 0.481 e. The SMILES string of the molecule is O=C(O)C1(C(F)(F)F)CCN(C2CCSC2)C1. The van der Waals surface area contributed by atoms with E-state index >= 15 is 0 Å². The molecular formula is C10H14F3NO2S. The average Bonchev–Trinajstić information content (AvgIpc) is 2.86. The summed E-state index contributed by atoms with van der Waals surface area (Å²) in [6.07, 6.45) is -4.13. The van der Waals surface area contributed by atoms with Crippen LogP contribution in [0.1, 0.15) is 12.8 Å². The summed E-state index contributed by atoms with van der Waals surface area (Å²) < 4.78 is 38.7. The first-order valence-corrected chi connectivity index (χ1v) is 6.64. The van der Waals surface area contributed by atoms with E-state index in [1.54, 1.807) is 16.7 Å². The van der Waals surface area contributed by atoms with Crippen LogP contribution >= 0.6 is 11.8 Å². The quantitative estimate of drug-likeness (QED) is 0.830. The number of aliphatic carboxylic acids is 1. The molecule has 98 valence electrons. The highest BCUT2D eigenvalue weighted by Gasteiger charge is 2.64. The number of hydrogen-bond acceptors (Lipinski definition) is 3. The molecule has 0 aromatic rings. The Labute approximate surface area is 101 Å². The van der Waals surface area contributed by atoms with E-state index in [4.69, 9.17) is 5.11 Å². The molecule has 2 unspecified atom stereocenters. The minimum atomic E-state index is -4.67. The lowest BCUT2D eigenvalue weighted by molar-refractivity contribution is -0.227. The summed E-state index contributed by atoms with van der Waals surface area (Å²) in [4.78, 5) is 12.7. The Hall–Kier alpha value is -0.430. The van der Waals surface area contributed by atoms with Crippen molar-refractivity contribution in [2.45, 2.75) is 25.1 Å². The Morgan fingerprint density at radius 2 is 2.18 bits per heavy atom. The fourth-order valence-electron chi connectivity index (χ4n) is 2.49. The summed E-state index contributed by atoms with van der Waals surface area (Å²) in [6, 6.07) is 0.114. The minimum absolute atomic E-state index is 0.114. The van der Waals surface area contributed by atoms with E-state index < -0.39 is 24.1 Å². The van der Waals surface area contributed by atoms with Gasteiger partial charge in [-0.05, 0) is 25.1 Å². The molecule has 2 rings (SSSR count). The summed E-state index contributed by atoms with van der Waals surface area (Å²) >= 11 is 1.71. The van der Waals surface area contributed by atoms with Crippen molar-refractivity contribution in [2.75, 3.05) is 24.6 Å². The zero-order valence-corrected chi connectivity index (χ0v) is 9.98. The Kier molecular flexibility index (Phi) is 3.33. The zero-order chi connectivity index (χ0) is 12.7. The lowest BCUT2D eigenvalue weighted by atomic mass is 9.86. The first-order chi connectivity index (χ1) is 7.87. The molecule has 0 bridgehead atoms. The molecule has 1 N–H and O–H groups in total. The zero-order valence-electron chi connectivity index (χ0n) is 9.16. The molecule has 0 spiro atoms. The van der Waals surface area contributed by atoms with Crippen molar-refractivity contribution in [1.82, 2.24) is 4.90 Å². The average molecular weight is 269 g/mol. The second-order valence-electron chi connectivity index (χ2n) is 4.62. The van der Waals surface area contributed by atoms with Gasteiger partial charge >= 0.3 is 12.1 Å². The summed E-state index contributed by atoms with van der Waals surface area (Å²) in [7, 11) is 0. The van der Waals surface area contributed by atoms with Crippen LogP contribution < -0.4 is 0 Å². The fraction of sp³-hybridized carbons (Fsp3) is 0.900. The van der Waals surface area contributed by atoms with Gasteiger partial charge in [-0.15, -0.1) is 0 Å². The molecular weight excluding hydrogens is 255 g/mol. The first-order valence-electron chi connectivity index (χ1n) is 5.49. The maximum atomic E-state index is 12.9. The van der Waals surface area contributed by atoms with E-state index in [0.29, 0.717) is 0 Å². The molecule has 0 aliphatic carbocycles. The molecule has 2 atom stereocenters. The van der Waals surface area contributed by atoms with E-state index in [0.717, 1.165) is 17.9 Å². The van der Waals surface area contributed by atoms with Crippen molar-refractivity contribution in [3.05, 3.63) is 0 Å². The van der Waals surface area contributed by atoms with Crippen molar-refractivity contribution in [1.29, 1.82) is 0 Å². The van der Waals surface area contributed by atoms with Crippen LogP contribution in [0.25, 0.3) is 0 Å². The molecule has 0 aromatic carbocycles. The predicted octanol–water partition coefficient (Wildman–Crippen LogP) is 1.83. The van der Waals surface area contributed by atoms with Crippen molar-refractivity contribution >= 4 is 17.7 Å². The second kappa shape index (κ2) is 4.35. The number of alkyl halides is 3. The minimum Gasteiger partial charge on any atom is -0.481 e. The molecule has 0 aromatic heterocycles. The molecule has 2 heterocycles. The van der Waals surface area contributed by atoms with Crippen LogP contribution in [0, 0.1) is 5.41 Å². The van der Waals surface area contributed by atoms with Crippen molar-refractivity contribution in [3.8, 4) is 0 Å². The van der Waals surface area contributed by atoms with Crippen LogP contribution in [0.4, 0.5) is 13.2 Å². The molecule has 2 fully saturated rings. The number of halogens is 3. The van der Waals surface area contributed by atoms with E-state index in [-0.39, 0.29) is 19.0 Å². The molecule has 0 amide bonds. The van der Waals surface area contributed by atoms with Crippen LogP contribution in [0.2, 0.25) is 0 Å². The third-order valence-electron chi connectivity index (χ3n) is 3.67. The van der Waals surface area contributed by atoms with E-state index in [2.05, 4.69) is 0 Å². The number of nitrogens with zero attached hydrogens (tertiary/aromatic N) is 1. The lowest BCUT2D eigenvalue weighted by Gasteiger charge is -2.29. The van der Waals surface area contributed by atoms with Gasteiger partial charge in [0, 0.05) is 18.3 Å². The molecule has 2 aliphatic rings. The number of carboxylic acid groups (broad SMARTS) is 1. The van der Waals surface area contributed by atoms with Crippen molar-refractivity contribution < 1.29 is 23.1 Å². The standard InChI is InChI=1S/C10H14F3NO2S/c11-10(12,13)9(8(15)16)2-3-14(6-9)7-1-4-17-5-7/h7H,1-6H2,(H,15,16). The summed E-state index contributed by atoms with van der Waals surface area (Å²) in [5.74, 6) is 0.0269. The van der Waals surface area contributed by atoms with Gasteiger partial charge in [0.25, 0.3) is 0 Å². The van der Waals surface area contributed by atoms with Gasteiger partial charge in [-0.3, -0.25) is 9.69 Å². The second-order valence-corrected chi connectivity index (χ2v) is 5.77. The summed E-state index contributed by atoms with van der Waals surface area (Å²) in [6.45, 7) is -0.159. The van der Waals surface area contributed by atoms with Crippen LogP contribution in [-0.4, -0.2) is 52.8 Å². The topological polar surface area (TPSA) is 40.5 Å². The van der Waals surface area contributed by atoms with Crippen molar-refractivity contribution in [3.63, 3.8) is 0 Å². The van der Waals surface area contributed by atoms with Gasteiger partial charge in [0.2, 0.25) is 0 Å². The highest BCUT2D eigenvalue weighted by atomic mass is 32.2. The predicted molar refractivity (Wildman–Crippen MR) is 58.0 cm³/mol. The highest BCUT2D eigenvalue weighted by Crippen LogP contribution is 2.46. The molecule has 0 radical (unpaired) electrons. The first kappa shape index (κ1) is 13.0. The fourth-order valence-corrected chi connectivity index (χ4v) is 3.74. The van der Waals surface area contributed by atoms with Gasteiger partial charge in [-0.25, -0.2) is 0 Å². The normalized spacial score (nSPS) is 35.4.